The van der Waals surface area contributed by atoms with Gasteiger partial charge in [-0.2, -0.15) is 0 Å². The number of hydrogen-bond donors (Lipinski definition) is 1. The van der Waals surface area contributed by atoms with E-state index >= 15 is 0 Å². The molecule has 5 heteroatoms. The molecule has 0 radical (unpaired) electrons. The van der Waals surface area contributed by atoms with Crippen molar-refractivity contribution in [3.05, 3.63) is 176 Å². The average Bonchev–Trinajstić information content (AvgIpc) is 3.57. The predicted molar refractivity (Wildman–Crippen MR) is 204 cm³/mol. The Hall–Kier alpha value is -6.85. The van der Waals surface area contributed by atoms with Gasteiger partial charge in [0.2, 0.25) is 0 Å². The van der Waals surface area contributed by atoms with Gasteiger partial charge in [-0.3, -0.25) is 0 Å². The van der Waals surface area contributed by atoms with Crippen LogP contribution < -0.4 is 5.32 Å². The Morgan fingerprint density at radius 2 is 0.940 bits per heavy atom. The maximum atomic E-state index is 6.49. The lowest BCUT2D eigenvalue weighted by molar-refractivity contribution is 0.669. The standard InChI is InChI=1S/C45H30N4O/c1-4-14-30(15-5-1)33-20-12-21-34(28-33)36-22-10-11-24-39(36)46-35-26-27-37-41(29-35)50-40-25-13-23-38(42(37)40)45-48-43(31-16-6-2-7-17-31)47-44(49-45)32-18-8-3-9-19-32/h1-29,46H. The van der Waals surface area contributed by atoms with E-state index in [1.165, 1.54) is 11.1 Å². The van der Waals surface area contributed by atoms with Gasteiger partial charge in [-0.1, -0.05) is 140 Å². The van der Waals surface area contributed by atoms with Crippen molar-refractivity contribution in [1.29, 1.82) is 0 Å². The molecule has 0 atom stereocenters. The molecule has 0 bridgehead atoms. The number of furan rings is 1. The summed E-state index contributed by atoms with van der Waals surface area (Å²) in [6.07, 6.45) is 0. The Kier molecular flexibility index (Phi) is 7.41. The molecule has 0 unspecified atom stereocenters. The van der Waals surface area contributed by atoms with Crippen molar-refractivity contribution in [3.63, 3.8) is 0 Å². The number of rotatable bonds is 7. The molecule has 236 valence electrons. The van der Waals surface area contributed by atoms with Gasteiger partial charge in [0.25, 0.3) is 0 Å². The Balaban J connectivity index is 1.11. The van der Waals surface area contributed by atoms with Gasteiger partial charge in [0.1, 0.15) is 11.2 Å². The van der Waals surface area contributed by atoms with Gasteiger partial charge < -0.3 is 9.73 Å². The lowest BCUT2D eigenvalue weighted by Crippen LogP contribution is -2.00. The first-order valence-corrected chi connectivity index (χ1v) is 16.6. The number of fused-ring (bicyclic) bond motifs is 3. The summed E-state index contributed by atoms with van der Waals surface area (Å²) < 4.78 is 6.49. The third-order valence-electron chi connectivity index (χ3n) is 8.92. The monoisotopic (exact) mass is 642 g/mol. The highest BCUT2D eigenvalue weighted by Gasteiger charge is 2.18. The third kappa shape index (κ3) is 5.57. The predicted octanol–water partition coefficient (Wildman–Crippen LogP) is 11.8. The van der Waals surface area contributed by atoms with Crippen LogP contribution in [0.25, 0.3) is 78.4 Å². The Morgan fingerprint density at radius 1 is 0.380 bits per heavy atom. The number of aromatic nitrogens is 3. The summed E-state index contributed by atoms with van der Waals surface area (Å²) in [5, 5.41) is 5.63. The van der Waals surface area contributed by atoms with E-state index in [1.807, 2.05) is 78.9 Å². The smallest absolute Gasteiger partial charge is 0.164 e. The third-order valence-corrected chi connectivity index (χ3v) is 8.92. The molecule has 1 N–H and O–H groups in total. The summed E-state index contributed by atoms with van der Waals surface area (Å²) >= 11 is 0. The zero-order valence-electron chi connectivity index (χ0n) is 27.0. The molecule has 0 fully saturated rings. The Morgan fingerprint density at radius 3 is 1.66 bits per heavy atom. The molecule has 7 aromatic carbocycles. The van der Waals surface area contributed by atoms with Crippen LogP contribution in [0.15, 0.2) is 180 Å². The Labute approximate surface area is 289 Å². The van der Waals surface area contributed by atoms with E-state index in [1.54, 1.807) is 0 Å². The first-order chi connectivity index (χ1) is 24.8. The molecular formula is C45H30N4O. The van der Waals surface area contributed by atoms with E-state index < -0.39 is 0 Å². The summed E-state index contributed by atoms with van der Waals surface area (Å²) in [6, 6.07) is 59.9. The van der Waals surface area contributed by atoms with Gasteiger partial charge in [0.05, 0.1) is 0 Å². The molecule has 50 heavy (non-hydrogen) atoms. The van der Waals surface area contributed by atoms with Crippen LogP contribution in [-0.2, 0) is 0 Å². The van der Waals surface area contributed by atoms with Crippen molar-refractivity contribution in [1.82, 2.24) is 15.0 Å². The summed E-state index contributed by atoms with van der Waals surface area (Å²) in [5.74, 6) is 1.84. The van der Waals surface area contributed by atoms with Crippen LogP contribution in [0.4, 0.5) is 11.4 Å². The normalized spacial score (nSPS) is 11.2. The highest BCUT2D eigenvalue weighted by Crippen LogP contribution is 2.39. The van der Waals surface area contributed by atoms with E-state index in [-0.39, 0.29) is 0 Å². The van der Waals surface area contributed by atoms with Gasteiger partial charge in [-0.25, -0.2) is 15.0 Å². The fourth-order valence-electron chi connectivity index (χ4n) is 6.52. The zero-order chi connectivity index (χ0) is 33.3. The highest BCUT2D eigenvalue weighted by molar-refractivity contribution is 6.12. The molecule has 0 aliphatic heterocycles. The van der Waals surface area contributed by atoms with Crippen LogP contribution >= 0.6 is 0 Å². The Bertz CT molecular complexity index is 2560. The van der Waals surface area contributed by atoms with E-state index in [2.05, 4.69) is 102 Å². The van der Waals surface area contributed by atoms with Gasteiger partial charge in [-0.05, 0) is 47.0 Å². The highest BCUT2D eigenvalue weighted by atomic mass is 16.3. The molecule has 0 amide bonds. The molecule has 0 saturated carbocycles. The molecule has 2 aromatic heterocycles. The number of nitrogens with zero attached hydrogens (tertiary/aromatic N) is 3. The molecule has 0 saturated heterocycles. The first-order valence-electron chi connectivity index (χ1n) is 16.6. The molecule has 9 aromatic rings. The van der Waals surface area contributed by atoms with Gasteiger partial charge in [-0.15, -0.1) is 0 Å². The maximum absolute atomic E-state index is 6.49. The lowest BCUT2D eigenvalue weighted by atomic mass is 9.98. The maximum Gasteiger partial charge on any atom is 0.164 e. The molecule has 0 aliphatic rings. The SMILES string of the molecule is c1ccc(-c2cccc(-c3ccccc3Nc3ccc4c(c3)oc3cccc(-c5nc(-c6ccccc6)nc(-c6ccccc6)n5)c34)c2)cc1. The van der Waals surface area contributed by atoms with Crippen molar-refractivity contribution in [2.24, 2.45) is 0 Å². The molecule has 5 nitrogen and oxygen atoms in total. The van der Waals surface area contributed by atoms with Crippen molar-refractivity contribution >= 4 is 33.3 Å². The number of benzene rings is 7. The zero-order valence-corrected chi connectivity index (χ0v) is 27.0. The minimum absolute atomic E-state index is 0.597. The topological polar surface area (TPSA) is 63.8 Å². The summed E-state index contributed by atoms with van der Waals surface area (Å²) in [7, 11) is 0. The second kappa shape index (κ2) is 12.6. The molecule has 0 spiro atoms. The summed E-state index contributed by atoms with van der Waals surface area (Å²) in [5.41, 5.74) is 10.9. The van der Waals surface area contributed by atoms with Gasteiger partial charge in [0.15, 0.2) is 17.5 Å². The second-order valence-electron chi connectivity index (χ2n) is 12.1. The van der Waals surface area contributed by atoms with Gasteiger partial charge in [0, 0.05) is 50.5 Å². The number of anilines is 2. The van der Waals surface area contributed by atoms with Crippen molar-refractivity contribution in [2.45, 2.75) is 0 Å². The summed E-state index contributed by atoms with van der Waals surface area (Å²) in [6.45, 7) is 0. The summed E-state index contributed by atoms with van der Waals surface area (Å²) in [4.78, 5) is 14.9. The van der Waals surface area contributed by atoms with Crippen LogP contribution in [0.5, 0.6) is 0 Å². The largest absolute Gasteiger partial charge is 0.456 e. The second-order valence-corrected chi connectivity index (χ2v) is 12.1. The average molecular weight is 643 g/mol. The quantitative estimate of drug-likeness (QED) is 0.187. The lowest BCUT2D eigenvalue weighted by Gasteiger charge is -2.13. The number of nitrogens with one attached hydrogen (secondary N) is 1. The molecular weight excluding hydrogens is 613 g/mol. The van der Waals surface area contributed by atoms with Crippen LogP contribution in [0, 0.1) is 0 Å². The fraction of sp³-hybridized carbons (Fsp3) is 0. The van der Waals surface area contributed by atoms with Gasteiger partial charge >= 0.3 is 0 Å². The molecule has 0 aliphatic carbocycles. The minimum Gasteiger partial charge on any atom is -0.456 e. The van der Waals surface area contributed by atoms with E-state index in [9.17, 15) is 0 Å². The minimum atomic E-state index is 0.597. The van der Waals surface area contributed by atoms with Crippen molar-refractivity contribution in [2.75, 3.05) is 5.32 Å². The van der Waals surface area contributed by atoms with Crippen molar-refractivity contribution in [3.8, 4) is 56.4 Å². The van der Waals surface area contributed by atoms with Crippen molar-refractivity contribution < 1.29 is 4.42 Å². The fourth-order valence-corrected chi connectivity index (χ4v) is 6.52. The number of hydrogen-bond acceptors (Lipinski definition) is 5. The van der Waals surface area contributed by atoms with E-state index in [0.717, 1.165) is 61.1 Å². The van der Waals surface area contributed by atoms with Crippen LogP contribution in [0.2, 0.25) is 0 Å². The molecule has 2 heterocycles. The van der Waals surface area contributed by atoms with Crippen LogP contribution in [0.3, 0.4) is 0 Å². The van der Waals surface area contributed by atoms with E-state index in [4.69, 9.17) is 19.4 Å². The first kappa shape index (κ1) is 29.3. The van der Waals surface area contributed by atoms with Crippen LogP contribution in [-0.4, -0.2) is 15.0 Å². The molecule has 9 rings (SSSR count). The number of para-hydroxylation sites is 1. The van der Waals surface area contributed by atoms with Crippen LogP contribution in [0.1, 0.15) is 0 Å². The van der Waals surface area contributed by atoms with E-state index in [0.29, 0.717) is 17.5 Å².